The zero-order valence-electron chi connectivity index (χ0n) is 9.71. The van der Waals surface area contributed by atoms with Gasteiger partial charge in [0.2, 0.25) is 5.91 Å². The maximum atomic E-state index is 12.3. The van der Waals surface area contributed by atoms with Crippen LogP contribution in [0.1, 0.15) is 0 Å². The first-order chi connectivity index (χ1) is 8.85. The van der Waals surface area contributed by atoms with E-state index in [0.717, 1.165) is 0 Å². The number of sulfone groups is 1. The second-order valence-corrected chi connectivity index (χ2v) is 8.05. The van der Waals surface area contributed by atoms with Gasteiger partial charge in [0, 0.05) is 16.5 Å². The first kappa shape index (κ1) is 14.1. The number of halogens is 1. The summed E-state index contributed by atoms with van der Waals surface area (Å²) in [5.74, 6) is -0.887. The first-order valence-electron chi connectivity index (χ1n) is 5.30. The minimum absolute atomic E-state index is 0.0653. The molecule has 0 fully saturated rings. The predicted molar refractivity (Wildman–Crippen MR) is 82.5 cm³/mol. The van der Waals surface area contributed by atoms with Gasteiger partial charge in [0.1, 0.15) is 0 Å². The van der Waals surface area contributed by atoms with E-state index in [1.165, 1.54) is 34.7 Å². The lowest BCUT2D eigenvalue weighted by Crippen LogP contribution is -2.30. The Bertz CT molecular complexity index is 759. The smallest absolute Gasteiger partial charge is 0.246 e. The third-order valence-electron chi connectivity index (χ3n) is 2.72. The van der Waals surface area contributed by atoms with Gasteiger partial charge in [-0.15, -0.1) is 0 Å². The van der Waals surface area contributed by atoms with Gasteiger partial charge >= 0.3 is 0 Å². The van der Waals surface area contributed by atoms with Crippen molar-refractivity contribution in [1.82, 2.24) is 0 Å². The molecule has 0 spiro atoms. The molecule has 2 aromatic carbocycles. The zero-order valence-corrected chi connectivity index (χ0v) is 12.7. The molecular formula is C12H11IN2O3S. The van der Waals surface area contributed by atoms with Gasteiger partial charge in [0.25, 0.3) is 0 Å². The molecule has 0 aliphatic heterocycles. The average Bonchev–Trinajstić information content (AvgIpc) is 2.38. The lowest BCUT2D eigenvalue weighted by molar-refractivity contribution is -0.116. The van der Waals surface area contributed by atoms with Crippen LogP contribution in [0.25, 0.3) is 10.8 Å². The highest BCUT2D eigenvalue weighted by Crippen LogP contribution is 2.31. The molecule has 2 rings (SSSR count). The Kier molecular flexibility index (Phi) is 3.68. The molecule has 1 unspecified atom stereocenters. The fourth-order valence-electron chi connectivity index (χ4n) is 1.81. The van der Waals surface area contributed by atoms with Crippen LogP contribution in [0.4, 0.5) is 5.69 Å². The number of anilines is 1. The second-order valence-electron chi connectivity index (χ2n) is 3.96. The van der Waals surface area contributed by atoms with Gasteiger partial charge < -0.3 is 11.5 Å². The van der Waals surface area contributed by atoms with Crippen molar-refractivity contribution in [2.24, 2.45) is 5.73 Å². The largest absolute Gasteiger partial charge is 0.398 e. The lowest BCUT2D eigenvalue weighted by atomic mass is 10.1. The number of nitrogens with two attached hydrogens (primary N) is 2. The van der Waals surface area contributed by atoms with Crippen LogP contribution in [0.2, 0.25) is 0 Å². The number of benzene rings is 2. The van der Waals surface area contributed by atoms with Crippen molar-refractivity contribution in [3.8, 4) is 0 Å². The number of hydrogen-bond donors (Lipinski definition) is 2. The summed E-state index contributed by atoms with van der Waals surface area (Å²) in [6.45, 7) is 0. The summed E-state index contributed by atoms with van der Waals surface area (Å²) < 4.78 is 23.4. The molecule has 0 radical (unpaired) electrons. The number of carbonyl (C=O) groups is 1. The Hall–Kier alpha value is -1.35. The van der Waals surface area contributed by atoms with Crippen LogP contribution < -0.4 is 11.5 Å². The fraction of sp³-hybridized carbons (Fsp3) is 0.0833. The summed E-state index contributed by atoms with van der Waals surface area (Å²) in [5, 5.41) is 1.13. The Morgan fingerprint density at radius 2 is 1.68 bits per heavy atom. The molecule has 0 saturated heterocycles. The molecule has 0 saturated carbocycles. The maximum Gasteiger partial charge on any atom is 0.246 e. The quantitative estimate of drug-likeness (QED) is 0.470. The van der Waals surface area contributed by atoms with Crippen molar-refractivity contribution in [1.29, 1.82) is 0 Å². The van der Waals surface area contributed by atoms with Gasteiger partial charge in [-0.05, 0) is 12.1 Å². The Morgan fingerprint density at radius 3 is 2.26 bits per heavy atom. The first-order valence-corrected chi connectivity index (χ1v) is 8.09. The number of primary amides is 1. The fourth-order valence-corrected chi connectivity index (χ4v) is 3.90. The minimum Gasteiger partial charge on any atom is -0.398 e. The third-order valence-corrected chi connectivity index (χ3v) is 7.09. The minimum atomic E-state index is -3.83. The molecule has 0 bridgehead atoms. The summed E-state index contributed by atoms with van der Waals surface area (Å²) in [5.41, 5.74) is 11.4. The zero-order chi connectivity index (χ0) is 14.2. The van der Waals surface area contributed by atoms with Crippen molar-refractivity contribution in [2.75, 3.05) is 5.73 Å². The molecule has 0 heterocycles. The van der Waals surface area contributed by atoms with Gasteiger partial charge in [0.05, 0.1) is 4.90 Å². The summed E-state index contributed by atoms with van der Waals surface area (Å²) in [4.78, 5) is 11.2. The van der Waals surface area contributed by atoms with Gasteiger partial charge in [-0.2, -0.15) is 0 Å². The summed E-state index contributed by atoms with van der Waals surface area (Å²) in [6.07, 6.45) is 0. The van der Waals surface area contributed by atoms with Gasteiger partial charge in [-0.1, -0.05) is 46.9 Å². The van der Waals surface area contributed by atoms with Crippen LogP contribution in [0, 0.1) is 0 Å². The molecule has 100 valence electrons. The SMILES string of the molecule is NC(=O)C(I)S(=O)(=O)c1ccc(N)c2ccccc12. The molecule has 1 atom stereocenters. The predicted octanol–water partition coefficient (Wildman–Crippen LogP) is 1.44. The summed E-state index contributed by atoms with van der Waals surface area (Å²) in [6, 6.07) is 9.79. The van der Waals surface area contributed by atoms with Gasteiger partial charge in [-0.25, -0.2) is 8.42 Å². The van der Waals surface area contributed by atoms with E-state index < -0.39 is 19.0 Å². The van der Waals surface area contributed by atoms with E-state index in [1.54, 1.807) is 24.3 Å². The van der Waals surface area contributed by atoms with Crippen LogP contribution in [0.15, 0.2) is 41.3 Å². The molecule has 5 nitrogen and oxygen atoms in total. The van der Waals surface area contributed by atoms with Crippen molar-refractivity contribution in [3.63, 3.8) is 0 Å². The van der Waals surface area contributed by atoms with E-state index in [4.69, 9.17) is 11.5 Å². The van der Waals surface area contributed by atoms with Crippen LogP contribution in [0.3, 0.4) is 0 Å². The normalized spacial score (nSPS) is 13.3. The standard InChI is InChI=1S/C12H11IN2O3S/c13-11(12(15)16)19(17,18)10-6-5-9(14)7-3-1-2-4-8(7)10/h1-6,11H,14H2,(H2,15,16). The molecule has 0 aliphatic carbocycles. The van der Waals surface area contributed by atoms with E-state index in [-0.39, 0.29) is 4.90 Å². The van der Waals surface area contributed by atoms with Crippen LogP contribution >= 0.6 is 22.6 Å². The molecular weight excluding hydrogens is 379 g/mol. The van der Waals surface area contributed by atoms with Gasteiger partial charge in [-0.3, -0.25) is 4.79 Å². The summed E-state index contributed by atoms with van der Waals surface area (Å²) >= 11 is 1.53. The van der Waals surface area contributed by atoms with Gasteiger partial charge in [0.15, 0.2) is 13.1 Å². The third kappa shape index (κ3) is 2.39. The van der Waals surface area contributed by atoms with Crippen molar-refractivity contribution in [2.45, 2.75) is 8.15 Å². The van der Waals surface area contributed by atoms with Crippen LogP contribution in [0.5, 0.6) is 0 Å². The molecule has 1 amide bonds. The van der Waals surface area contributed by atoms with E-state index in [0.29, 0.717) is 16.5 Å². The highest BCUT2D eigenvalue weighted by Gasteiger charge is 2.31. The van der Waals surface area contributed by atoms with Crippen LogP contribution in [-0.2, 0) is 14.6 Å². The van der Waals surface area contributed by atoms with E-state index in [9.17, 15) is 13.2 Å². The average molecular weight is 390 g/mol. The van der Waals surface area contributed by atoms with Crippen LogP contribution in [-0.4, -0.2) is 17.6 Å². The summed E-state index contributed by atoms with van der Waals surface area (Å²) in [7, 11) is -3.83. The molecule has 0 aliphatic rings. The highest BCUT2D eigenvalue weighted by molar-refractivity contribution is 14.1. The van der Waals surface area contributed by atoms with Crippen molar-refractivity contribution in [3.05, 3.63) is 36.4 Å². The Balaban J connectivity index is 2.78. The van der Waals surface area contributed by atoms with Crippen molar-refractivity contribution >= 4 is 54.8 Å². The van der Waals surface area contributed by atoms with E-state index >= 15 is 0 Å². The number of rotatable bonds is 3. The molecule has 0 aromatic heterocycles. The molecule has 4 N–H and O–H groups in total. The number of fused-ring (bicyclic) bond motifs is 1. The lowest BCUT2D eigenvalue weighted by Gasteiger charge is -2.12. The maximum absolute atomic E-state index is 12.3. The van der Waals surface area contributed by atoms with E-state index in [2.05, 4.69) is 0 Å². The number of amides is 1. The van der Waals surface area contributed by atoms with Crippen molar-refractivity contribution < 1.29 is 13.2 Å². The molecule has 2 aromatic rings. The number of alkyl halides is 1. The Morgan fingerprint density at radius 1 is 1.11 bits per heavy atom. The molecule has 19 heavy (non-hydrogen) atoms. The highest BCUT2D eigenvalue weighted by atomic mass is 127. The number of nitrogen functional groups attached to an aromatic ring is 1. The number of hydrogen-bond acceptors (Lipinski definition) is 4. The Labute approximate surface area is 124 Å². The van der Waals surface area contributed by atoms with E-state index in [1.807, 2.05) is 0 Å². The second kappa shape index (κ2) is 4.97. The number of carbonyl (C=O) groups excluding carboxylic acids is 1. The monoisotopic (exact) mass is 390 g/mol. The molecule has 7 heteroatoms. The topological polar surface area (TPSA) is 103 Å².